The number of hydrogen-bond donors (Lipinski definition) is 1. The van der Waals surface area contributed by atoms with Gasteiger partial charge in [-0.2, -0.15) is 0 Å². The van der Waals surface area contributed by atoms with E-state index in [0.717, 1.165) is 24.6 Å². The summed E-state index contributed by atoms with van der Waals surface area (Å²) in [6.07, 6.45) is 4.90. The molecule has 0 aliphatic heterocycles. The first kappa shape index (κ1) is 15.9. The normalized spacial score (nSPS) is 17.8. The minimum absolute atomic E-state index is 0.212. The maximum Gasteiger partial charge on any atom is 0.115 e. The van der Waals surface area contributed by atoms with E-state index in [1.54, 1.807) is 7.11 Å². The van der Waals surface area contributed by atoms with E-state index in [9.17, 15) is 0 Å². The van der Waals surface area contributed by atoms with Gasteiger partial charge in [0.2, 0.25) is 0 Å². The molecule has 0 saturated carbocycles. The molecule has 0 aromatic carbocycles. The van der Waals surface area contributed by atoms with Crippen molar-refractivity contribution in [2.45, 2.75) is 45.1 Å². The van der Waals surface area contributed by atoms with Crippen LogP contribution < -0.4 is 5.32 Å². The van der Waals surface area contributed by atoms with Crippen LogP contribution in [-0.2, 0) is 27.9 Å². The van der Waals surface area contributed by atoms with Gasteiger partial charge in [0.15, 0.2) is 0 Å². The first-order valence-corrected chi connectivity index (χ1v) is 8.32. The fourth-order valence-electron chi connectivity index (χ4n) is 2.51. The van der Waals surface area contributed by atoms with Gasteiger partial charge in [-0.15, -0.1) is 11.3 Å². The number of ether oxygens (including phenoxy) is 2. The van der Waals surface area contributed by atoms with E-state index in [4.69, 9.17) is 14.5 Å². The molecule has 0 bridgehead atoms. The molecule has 5 heteroatoms. The predicted octanol–water partition coefficient (Wildman–Crippen LogP) is 2.51. The van der Waals surface area contributed by atoms with Crippen LogP contribution in [0.2, 0.25) is 0 Å². The average molecular weight is 298 g/mol. The van der Waals surface area contributed by atoms with Crippen molar-refractivity contribution >= 4 is 11.3 Å². The van der Waals surface area contributed by atoms with Gasteiger partial charge in [-0.3, -0.25) is 0 Å². The maximum absolute atomic E-state index is 5.68. The lowest BCUT2D eigenvalue weighted by Gasteiger charge is -2.28. The number of aromatic nitrogens is 1. The molecular weight excluding hydrogens is 272 g/mol. The summed E-state index contributed by atoms with van der Waals surface area (Å²) in [4.78, 5) is 6.36. The second-order valence-electron chi connectivity index (χ2n) is 5.48. The molecule has 2 rings (SSSR count). The third-order valence-electron chi connectivity index (χ3n) is 3.73. The monoisotopic (exact) mass is 298 g/mol. The van der Waals surface area contributed by atoms with Crippen molar-refractivity contribution < 1.29 is 9.47 Å². The second kappa shape index (κ2) is 7.50. The number of nitrogens with zero attached hydrogens (tertiary/aromatic N) is 1. The summed E-state index contributed by atoms with van der Waals surface area (Å²) in [7, 11) is 1.73. The van der Waals surface area contributed by atoms with Crippen molar-refractivity contribution in [2.24, 2.45) is 0 Å². The Bertz CT molecular complexity index is 399. The molecule has 4 nitrogen and oxygen atoms in total. The van der Waals surface area contributed by atoms with E-state index in [1.165, 1.54) is 29.8 Å². The average Bonchev–Trinajstić information content (AvgIpc) is 2.90. The predicted molar refractivity (Wildman–Crippen MR) is 82.5 cm³/mol. The standard InChI is InChI=1S/C15H26N2O2S/c1-4-19-11-15(2,16-9-10-18-3)14-17-12-7-5-6-8-13(12)20-14/h16H,4-11H2,1-3H3. The second-order valence-corrected chi connectivity index (χ2v) is 6.57. The highest BCUT2D eigenvalue weighted by atomic mass is 32.1. The Labute approximate surface area is 125 Å². The lowest BCUT2D eigenvalue weighted by atomic mass is 10.0. The lowest BCUT2D eigenvalue weighted by Crippen LogP contribution is -2.45. The molecule has 0 spiro atoms. The molecule has 0 amide bonds. The summed E-state index contributed by atoms with van der Waals surface area (Å²) in [5.41, 5.74) is 1.10. The molecule has 114 valence electrons. The van der Waals surface area contributed by atoms with Gasteiger partial charge < -0.3 is 14.8 Å². The summed E-state index contributed by atoms with van der Waals surface area (Å²) < 4.78 is 10.8. The van der Waals surface area contributed by atoms with Crippen molar-refractivity contribution in [2.75, 3.05) is 33.5 Å². The highest BCUT2D eigenvalue weighted by molar-refractivity contribution is 7.11. The largest absolute Gasteiger partial charge is 0.383 e. The van der Waals surface area contributed by atoms with Crippen LogP contribution in [0.25, 0.3) is 0 Å². The number of rotatable bonds is 8. The molecule has 1 aliphatic carbocycles. The van der Waals surface area contributed by atoms with E-state index >= 15 is 0 Å². The molecule has 20 heavy (non-hydrogen) atoms. The number of thiazole rings is 1. The zero-order valence-corrected chi connectivity index (χ0v) is 13.6. The highest BCUT2D eigenvalue weighted by Crippen LogP contribution is 2.32. The van der Waals surface area contributed by atoms with Crippen LogP contribution in [0.5, 0.6) is 0 Å². The molecular formula is C15H26N2O2S. The summed E-state index contributed by atoms with van der Waals surface area (Å²) in [5.74, 6) is 0. The highest BCUT2D eigenvalue weighted by Gasteiger charge is 2.31. The maximum atomic E-state index is 5.68. The SMILES string of the molecule is CCOCC(C)(NCCOC)c1nc2c(s1)CCCC2. The summed E-state index contributed by atoms with van der Waals surface area (Å²) in [6, 6.07) is 0. The minimum Gasteiger partial charge on any atom is -0.383 e. The van der Waals surface area contributed by atoms with Crippen molar-refractivity contribution in [3.05, 3.63) is 15.6 Å². The molecule has 0 saturated heterocycles. The quantitative estimate of drug-likeness (QED) is 0.749. The van der Waals surface area contributed by atoms with E-state index in [-0.39, 0.29) is 5.54 Å². The molecule has 0 radical (unpaired) electrons. The third kappa shape index (κ3) is 3.79. The molecule has 1 aliphatic rings. The topological polar surface area (TPSA) is 43.4 Å². The lowest BCUT2D eigenvalue weighted by molar-refractivity contribution is 0.0777. The Morgan fingerprint density at radius 3 is 2.85 bits per heavy atom. The third-order valence-corrected chi connectivity index (χ3v) is 5.16. The molecule has 1 atom stereocenters. The van der Waals surface area contributed by atoms with Crippen molar-refractivity contribution in [3.63, 3.8) is 0 Å². The number of aryl methyl sites for hydroxylation is 2. The van der Waals surface area contributed by atoms with Gasteiger partial charge in [-0.25, -0.2) is 4.98 Å². The van der Waals surface area contributed by atoms with Gasteiger partial charge in [-0.1, -0.05) is 0 Å². The molecule has 1 aromatic heterocycles. The van der Waals surface area contributed by atoms with Crippen LogP contribution in [-0.4, -0.2) is 38.5 Å². The van der Waals surface area contributed by atoms with Crippen LogP contribution >= 0.6 is 11.3 Å². The first-order chi connectivity index (χ1) is 9.69. The Morgan fingerprint density at radius 2 is 2.15 bits per heavy atom. The molecule has 1 aromatic rings. The van der Waals surface area contributed by atoms with Crippen LogP contribution in [0.1, 0.15) is 42.3 Å². The van der Waals surface area contributed by atoms with Crippen LogP contribution in [0.15, 0.2) is 0 Å². The van der Waals surface area contributed by atoms with Crippen LogP contribution in [0.4, 0.5) is 0 Å². The Kier molecular flexibility index (Phi) is 5.96. The van der Waals surface area contributed by atoms with E-state index in [1.807, 2.05) is 18.3 Å². The fraction of sp³-hybridized carbons (Fsp3) is 0.800. The number of fused-ring (bicyclic) bond motifs is 1. The fourth-order valence-corrected chi connectivity index (χ4v) is 3.77. The van der Waals surface area contributed by atoms with Crippen molar-refractivity contribution in [1.82, 2.24) is 10.3 Å². The first-order valence-electron chi connectivity index (χ1n) is 7.50. The van der Waals surface area contributed by atoms with E-state index < -0.39 is 0 Å². The van der Waals surface area contributed by atoms with Gasteiger partial charge in [0.05, 0.1) is 24.4 Å². The van der Waals surface area contributed by atoms with E-state index in [2.05, 4.69) is 12.2 Å². The van der Waals surface area contributed by atoms with Gasteiger partial charge in [-0.05, 0) is 39.5 Å². The zero-order valence-electron chi connectivity index (χ0n) is 12.8. The molecule has 1 unspecified atom stereocenters. The van der Waals surface area contributed by atoms with Crippen molar-refractivity contribution in [1.29, 1.82) is 0 Å². The number of hydrogen-bond acceptors (Lipinski definition) is 5. The zero-order chi connectivity index (χ0) is 14.4. The summed E-state index contributed by atoms with van der Waals surface area (Å²) in [5, 5.41) is 4.72. The van der Waals surface area contributed by atoms with Gasteiger partial charge in [0.1, 0.15) is 5.01 Å². The van der Waals surface area contributed by atoms with Crippen molar-refractivity contribution in [3.8, 4) is 0 Å². The molecule has 1 heterocycles. The minimum atomic E-state index is -0.212. The summed E-state index contributed by atoms with van der Waals surface area (Å²) in [6.45, 7) is 7.11. The number of nitrogens with one attached hydrogen (secondary N) is 1. The van der Waals surface area contributed by atoms with Gasteiger partial charge >= 0.3 is 0 Å². The molecule has 0 fully saturated rings. The van der Waals surface area contributed by atoms with Gasteiger partial charge in [0.25, 0.3) is 0 Å². The van der Waals surface area contributed by atoms with E-state index in [0.29, 0.717) is 13.2 Å². The summed E-state index contributed by atoms with van der Waals surface area (Å²) >= 11 is 1.86. The number of methoxy groups -OCH3 is 1. The smallest absolute Gasteiger partial charge is 0.115 e. The molecule has 1 N–H and O–H groups in total. The Balaban J connectivity index is 2.13. The van der Waals surface area contributed by atoms with Gasteiger partial charge in [0, 0.05) is 25.1 Å². The van der Waals surface area contributed by atoms with Crippen LogP contribution in [0, 0.1) is 0 Å². The Hall–Kier alpha value is -0.490. The Morgan fingerprint density at radius 1 is 1.35 bits per heavy atom. The van der Waals surface area contributed by atoms with Crippen LogP contribution in [0.3, 0.4) is 0 Å².